The second kappa shape index (κ2) is 7.55. The van der Waals surface area contributed by atoms with E-state index >= 15 is 0 Å². The Bertz CT molecular complexity index is 837. The molecule has 3 rings (SSSR count). The summed E-state index contributed by atoms with van der Waals surface area (Å²) in [5.41, 5.74) is 2.51. The summed E-state index contributed by atoms with van der Waals surface area (Å²) in [6.07, 6.45) is 0. The number of aromatic nitrogens is 3. The Morgan fingerprint density at radius 3 is 2.17 bits per heavy atom. The van der Waals surface area contributed by atoms with E-state index in [-0.39, 0.29) is 0 Å². The van der Waals surface area contributed by atoms with Crippen LogP contribution in [0.2, 0.25) is 0 Å². The molecule has 0 saturated heterocycles. The van der Waals surface area contributed by atoms with Crippen LogP contribution in [-0.2, 0) is 19.8 Å². The number of hydrogen-bond acceptors (Lipinski definition) is 3. The van der Waals surface area contributed by atoms with E-state index in [2.05, 4.69) is 58.0 Å². The Hall–Kier alpha value is -2.24. The van der Waals surface area contributed by atoms with Crippen molar-refractivity contribution in [3.63, 3.8) is 0 Å². The summed E-state index contributed by atoms with van der Waals surface area (Å²) in [4.78, 5) is 2.21. The van der Waals surface area contributed by atoms with Crippen molar-refractivity contribution in [1.82, 2.24) is 19.2 Å². The third kappa shape index (κ3) is 3.99. The molecule has 0 unspecified atom stereocenters. The number of rotatable bonds is 6. The number of nitrogens with zero attached hydrogens (tertiary/aromatic N) is 4. The lowest BCUT2D eigenvalue weighted by atomic mass is 10.2. The molecule has 0 saturated carbocycles. The Morgan fingerprint density at radius 2 is 1.54 bits per heavy atom. The lowest BCUT2D eigenvalue weighted by Gasteiger charge is -2.16. The van der Waals surface area contributed by atoms with Crippen LogP contribution in [0.15, 0.2) is 60.7 Å². The molecule has 0 N–H and O–H groups in total. The highest BCUT2D eigenvalue weighted by Crippen LogP contribution is 2.09. The highest BCUT2D eigenvalue weighted by atomic mass is 32.1. The number of benzene rings is 2. The smallest absolute Gasteiger partial charge is 0.199 e. The molecule has 5 heteroatoms. The van der Waals surface area contributed by atoms with Crippen molar-refractivity contribution in [3.05, 3.63) is 82.4 Å². The summed E-state index contributed by atoms with van der Waals surface area (Å²) in [6, 6.07) is 20.8. The summed E-state index contributed by atoms with van der Waals surface area (Å²) in [5, 5.41) is 4.62. The van der Waals surface area contributed by atoms with Crippen LogP contribution in [-0.4, -0.2) is 26.3 Å². The summed E-state index contributed by atoms with van der Waals surface area (Å²) < 4.78 is 4.74. The Morgan fingerprint density at radius 1 is 0.958 bits per heavy atom. The van der Waals surface area contributed by atoms with Crippen molar-refractivity contribution in [1.29, 1.82) is 0 Å². The molecule has 2 aromatic carbocycles. The maximum atomic E-state index is 5.63. The molecule has 3 aromatic rings. The molecule has 0 bridgehead atoms. The lowest BCUT2D eigenvalue weighted by Crippen LogP contribution is -2.22. The van der Waals surface area contributed by atoms with Gasteiger partial charge in [0.2, 0.25) is 0 Å². The van der Waals surface area contributed by atoms with E-state index in [0.717, 1.165) is 23.7 Å². The van der Waals surface area contributed by atoms with Gasteiger partial charge in [0.05, 0.1) is 13.2 Å². The average molecular weight is 338 g/mol. The predicted octanol–water partition coefficient (Wildman–Crippen LogP) is 3.86. The fourth-order valence-electron chi connectivity index (χ4n) is 2.76. The summed E-state index contributed by atoms with van der Waals surface area (Å²) in [7, 11) is 2.08. The molecule has 24 heavy (non-hydrogen) atoms. The lowest BCUT2D eigenvalue weighted by molar-refractivity contribution is 0.243. The normalized spacial score (nSPS) is 11.1. The van der Waals surface area contributed by atoms with Crippen LogP contribution in [0.5, 0.6) is 0 Å². The molecule has 0 aliphatic heterocycles. The fraction of sp³-hybridized carbons (Fsp3) is 0.263. The SMILES string of the molecule is Cc1nn(CN(C)Cc2ccccc2)c(=S)n1Cc1ccccc1. The summed E-state index contributed by atoms with van der Waals surface area (Å²) in [5.74, 6) is 0.942. The second-order valence-corrected chi connectivity index (χ2v) is 6.41. The van der Waals surface area contributed by atoms with E-state index in [0.29, 0.717) is 6.67 Å². The zero-order valence-corrected chi connectivity index (χ0v) is 14.9. The van der Waals surface area contributed by atoms with Gasteiger partial charge >= 0.3 is 0 Å². The van der Waals surface area contributed by atoms with Crippen molar-refractivity contribution in [3.8, 4) is 0 Å². The predicted molar refractivity (Wildman–Crippen MR) is 99.2 cm³/mol. The first-order valence-electron chi connectivity index (χ1n) is 8.04. The van der Waals surface area contributed by atoms with Crippen molar-refractivity contribution >= 4 is 12.2 Å². The molecule has 1 heterocycles. The van der Waals surface area contributed by atoms with Crippen molar-refractivity contribution in [2.24, 2.45) is 0 Å². The maximum Gasteiger partial charge on any atom is 0.199 e. The molecule has 1 aromatic heterocycles. The fourth-order valence-corrected chi connectivity index (χ4v) is 3.06. The van der Waals surface area contributed by atoms with E-state index in [1.54, 1.807) is 0 Å². The highest BCUT2D eigenvalue weighted by Gasteiger charge is 2.09. The Labute approximate surface area is 148 Å². The monoisotopic (exact) mass is 338 g/mol. The van der Waals surface area contributed by atoms with Crippen LogP contribution in [0.3, 0.4) is 0 Å². The minimum Gasteiger partial charge on any atom is -0.300 e. The quantitative estimate of drug-likeness (QED) is 0.638. The highest BCUT2D eigenvalue weighted by molar-refractivity contribution is 7.71. The molecule has 0 amide bonds. The first-order chi connectivity index (χ1) is 11.6. The number of hydrogen-bond donors (Lipinski definition) is 0. The average Bonchev–Trinajstić information content (AvgIpc) is 2.84. The standard InChI is InChI=1S/C19H22N4S/c1-16-20-23(15-21(2)13-17-9-5-3-6-10-17)19(24)22(16)14-18-11-7-4-8-12-18/h3-12H,13-15H2,1-2H3. The molecule has 0 spiro atoms. The molecule has 0 aliphatic rings. The van der Waals surface area contributed by atoms with Gasteiger partial charge in [0, 0.05) is 6.54 Å². The van der Waals surface area contributed by atoms with Gasteiger partial charge < -0.3 is 0 Å². The van der Waals surface area contributed by atoms with E-state index in [9.17, 15) is 0 Å². The first-order valence-corrected chi connectivity index (χ1v) is 8.45. The molecule has 0 atom stereocenters. The van der Waals surface area contributed by atoms with Crippen LogP contribution in [0.1, 0.15) is 17.0 Å². The van der Waals surface area contributed by atoms with Crippen LogP contribution >= 0.6 is 12.2 Å². The van der Waals surface area contributed by atoms with Gasteiger partial charge in [-0.3, -0.25) is 9.47 Å². The van der Waals surface area contributed by atoms with Crippen molar-refractivity contribution in [2.75, 3.05) is 7.05 Å². The first kappa shape index (κ1) is 16.6. The van der Waals surface area contributed by atoms with Gasteiger partial charge in [0.25, 0.3) is 0 Å². The van der Waals surface area contributed by atoms with Gasteiger partial charge in [-0.15, -0.1) is 0 Å². The summed E-state index contributed by atoms with van der Waals surface area (Å²) in [6.45, 7) is 4.31. The van der Waals surface area contributed by atoms with Crippen LogP contribution in [0, 0.1) is 11.7 Å². The zero-order valence-electron chi connectivity index (χ0n) is 14.1. The van der Waals surface area contributed by atoms with Gasteiger partial charge in [-0.2, -0.15) is 5.10 Å². The topological polar surface area (TPSA) is 26.0 Å². The molecule has 4 nitrogen and oxygen atoms in total. The Balaban J connectivity index is 1.73. The van der Waals surface area contributed by atoms with E-state index < -0.39 is 0 Å². The molecule has 0 radical (unpaired) electrons. The minimum atomic E-state index is 0.677. The van der Waals surface area contributed by atoms with E-state index in [4.69, 9.17) is 12.2 Å². The summed E-state index contributed by atoms with van der Waals surface area (Å²) >= 11 is 5.63. The largest absolute Gasteiger partial charge is 0.300 e. The zero-order chi connectivity index (χ0) is 16.9. The molecular weight excluding hydrogens is 316 g/mol. The van der Waals surface area contributed by atoms with Crippen LogP contribution in [0.25, 0.3) is 0 Å². The second-order valence-electron chi connectivity index (χ2n) is 6.04. The molecule has 124 valence electrons. The third-order valence-corrected chi connectivity index (χ3v) is 4.39. The Kier molecular flexibility index (Phi) is 5.23. The van der Waals surface area contributed by atoms with E-state index in [1.807, 2.05) is 35.9 Å². The van der Waals surface area contributed by atoms with Crippen LogP contribution < -0.4 is 0 Å². The van der Waals surface area contributed by atoms with Crippen molar-refractivity contribution < 1.29 is 0 Å². The van der Waals surface area contributed by atoms with Gasteiger partial charge in [0.15, 0.2) is 4.77 Å². The van der Waals surface area contributed by atoms with Gasteiger partial charge in [0.1, 0.15) is 5.82 Å². The van der Waals surface area contributed by atoms with Gasteiger partial charge in [-0.05, 0) is 37.3 Å². The van der Waals surface area contributed by atoms with E-state index in [1.165, 1.54) is 11.1 Å². The molecule has 0 aliphatic carbocycles. The van der Waals surface area contributed by atoms with Crippen molar-refractivity contribution in [2.45, 2.75) is 26.7 Å². The number of aryl methyl sites for hydroxylation is 1. The van der Waals surface area contributed by atoms with Gasteiger partial charge in [-0.1, -0.05) is 60.7 Å². The molecular formula is C19H22N4S. The molecule has 0 fully saturated rings. The minimum absolute atomic E-state index is 0.677. The third-order valence-electron chi connectivity index (χ3n) is 3.96. The maximum absolute atomic E-state index is 5.63. The van der Waals surface area contributed by atoms with Gasteiger partial charge in [-0.25, -0.2) is 4.68 Å². The van der Waals surface area contributed by atoms with Crippen LogP contribution in [0.4, 0.5) is 0 Å².